The minimum atomic E-state index is -0.173. The molecule has 29 heavy (non-hydrogen) atoms. The van der Waals surface area contributed by atoms with Crippen molar-refractivity contribution in [3.63, 3.8) is 0 Å². The van der Waals surface area contributed by atoms with Gasteiger partial charge in [0.1, 0.15) is 0 Å². The first-order chi connectivity index (χ1) is 14.2. The van der Waals surface area contributed by atoms with Crippen LogP contribution in [0.4, 0.5) is 9.93 Å². The maximum Gasteiger partial charge on any atom is 0.321 e. The van der Waals surface area contributed by atoms with Crippen molar-refractivity contribution in [2.45, 2.75) is 50.4 Å². The van der Waals surface area contributed by atoms with Gasteiger partial charge in [-0.05, 0) is 18.4 Å². The van der Waals surface area contributed by atoms with Crippen LogP contribution in [0.2, 0.25) is 0 Å². The number of fused-ring (bicyclic) bond motifs is 1. The summed E-state index contributed by atoms with van der Waals surface area (Å²) < 4.78 is 0. The van der Waals surface area contributed by atoms with Crippen LogP contribution >= 0.6 is 23.1 Å². The van der Waals surface area contributed by atoms with E-state index in [1.807, 2.05) is 23.1 Å². The van der Waals surface area contributed by atoms with Crippen LogP contribution in [0.1, 0.15) is 41.8 Å². The minimum Gasteiger partial charge on any atom is -0.336 e. The van der Waals surface area contributed by atoms with E-state index in [1.165, 1.54) is 29.7 Å². The number of urea groups is 1. The molecule has 6 nitrogen and oxygen atoms in total. The molecule has 2 heterocycles. The van der Waals surface area contributed by atoms with E-state index in [0.717, 1.165) is 35.6 Å². The number of hydrogen-bond donors (Lipinski definition) is 2. The molecule has 4 rings (SSSR count). The Morgan fingerprint density at radius 1 is 1.21 bits per heavy atom. The number of anilines is 1. The molecule has 1 aromatic heterocycles. The Morgan fingerprint density at radius 2 is 2.00 bits per heavy atom. The van der Waals surface area contributed by atoms with E-state index < -0.39 is 0 Å². The number of carbonyl (C=O) groups is 2. The van der Waals surface area contributed by atoms with Gasteiger partial charge in [-0.2, -0.15) is 0 Å². The third-order valence-electron chi connectivity index (χ3n) is 5.33. The fraction of sp³-hybridized carbons (Fsp3) is 0.476. The summed E-state index contributed by atoms with van der Waals surface area (Å²) in [4.78, 5) is 32.3. The first-order valence-electron chi connectivity index (χ1n) is 10.1. The van der Waals surface area contributed by atoms with Gasteiger partial charge >= 0.3 is 6.03 Å². The average molecular weight is 431 g/mol. The van der Waals surface area contributed by atoms with Gasteiger partial charge in [0, 0.05) is 29.6 Å². The summed E-state index contributed by atoms with van der Waals surface area (Å²) in [6, 6.07) is 10.3. The molecule has 2 aromatic rings. The van der Waals surface area contributed by atoms with Gasteiger partial charge in [-0.1, -0.05) is 54.5 Å². The Labute approximate surface area is 179 Å². The van der Waals surface area contributed by atoms with Gasteiger partial charge in [0.15, 0.2) is 5.13 Å². The fourth-order valence-electron chi connectivity index (χ4n) is 3.77. The lowest BCUT2D eigenvalue weighted by Gasteiger charge is -2.26. The van der Waals surface area contributed by atoms with Crippen LogP contribution in [0.25, 0.3) is 0 Å². The Bertz CT molecular complexity index is 850. The van der Waals surface area contributed by atoms with Crippen molar-refractivity contribution in [1.82, 2.24) is 15.2 Å². The van der Waals surface area contributed by atoms with Crippen molar-refractivity contribution in [1.29, 1.82) is 0 Å². The Balaban J connectivity index is 1.25. The van der Waals surface area contributed by atoms with E-state index in [0.29, 0.717) is 24.0 Å². The molecule has 0 saturated heterocycles. The van der Waals surface area contributed by atoms with Gasteiger partial charge in [-0.3, -0.25) is 10.1 Å². The number of benzene rings is 1. The summed E-state index contributed by atoms with van der Waals surface area (Å²) in [5.41, 5.74) is 2.24. The van der Waals surface area contributed by atoms with E-state index >= 15 is 0 Å². The van der Waals surface area contributed by atoms with Crippen LogP contribution in [0.15, 0.2) is 30.3 Å². The highest BCUT2D eigenvalue weighted by Gasteiger charge is 2.25. The first kappa shape index (κ1) is 20.2. The summed E-state index contributed by atoms with van der Waals surface area (Å²) in [5, 5.41) is 6.52. The Kier molecular flexibility index (Phi) is 6.71. The topological polar surface area (TPSA) is 74.3 Å². The Morgan fingerprint density at radius 3 is 2.79 bits per heavy atom. The van der Waals surface area contributed by atoms with Crippen molar-refractivity contribution in [2.24, 2.45) is 0 Å². The number of hydrogen-bond acceptors (Lipinski definition) is 5. The smallest absolute Gasteiger partial charge is 0.321 e. The van der Waals surface area contributed by atoms with Crippen molar-refractivity contribution < 1.29 is 9.59 Å². The number of rotatable bonds is 6. The normalized spacial score (nSPS) is 16.5. The molecule has 154 valence electrons. The predicted octanol–water partition coefficient (Wildman–Crippen LogP) is 4.03. The molecule has 0 unspecified atom stereocenters. The third-order valence-corrected chi connectivity index (χ3v) is 7.32. The average Bonchev–Trinajstić information content (AvgIpc) is 3.37. The van der Waals surface area contributed by atoms with Crippen molar-refractivity contribution >= 4 is 40.2 Å². The summed E-state index contributed by atoms with van der Waals surface area (Å²) in [6.07, 6.45) is 5.23. The maximum absolute atomic E-state index is 12.6. The monoisotopic (exact) mass is 430 g/mol. The second-order valence-corrected chi connectivity index (χ2v) is 9.58. The molecule has 0 spiro atoms. The molecule has 1 aliphatic carbocycles. The van der Waals surface area contributed by atoms with Gasteiger partial charge in [0.05, 0.1) is 18.0 Å². The lowest BCUT2D eigenvalue weighted by atomic mass is 10.2. The number of nitrogens with zero attached hydrogens (tertiary/aromatic N) is 2. The molecule has 8 heteroatoms. The zero-order chi connectivity index (χ0) is 20.1. The van der Waals surface area contributed by atoms with E-state index in [4.69, 9.17) is 0 Å². The quantitative estimate of drug-likeness (QED) is 0.726. The molecule has 3 amide bonds. The van der Waals surface area contributed by atoms with Crippen LogP contribution in [0, 0.1) is 0 Å². The van der Waals surface area contributed by atoms with Gasteiger partial charge < -0.3 is 10.2 Å². The standard InChI is InChI=1S/C21H26N4O2S2/c26-19(14-28-13-15-6-2-1-3-7-15)25-11-10-17-18(12-25)29-21(23-17)24-20(27)22-16-8-4-5-9-16/h1-3,6-7,16H,4-5,8-14H2,(H2,22,23,24,27). The maximum atomic E-state index is 12.6. The highest BCUT2D eigenvalue weighted by Crippen LogP contribution is 2.29. The van der Waals surface area contributed by atoms with E-state index in [9.17, 15) is 9.59 Å². The molecule has 2 aliphatic rings. The van der Waals surface area contributed by atoms with Gasteiger partial charge in [-0.25, -0.2) is 9.78 Å². The molecule has 0 bridgehead atoms. The van der Waals surface area contributed by atoms with Crippen molar-refractivity contribution in [3.05, 3.63) is 46.5 Å². The molecule has 1 saturated carbocycles. The number of amides is 3. The number of nitrogens with one attached hydrogen (secondary N) is 2. The minimum absolute atomic E-state index is 0.165. The Hall–Kier alpha value is -2.06. The lowest BCUT2D eigenvalue weighted by molar-refractivity contribution is -0.129. The number of thioether (sulfide) groups is 1. The highest BCUT2D eigenvalue weighted by atomic mass is 32.2. The second kappa shape index (κ2) is 9.63. The SMILES string of the molecule is O=C(Nc1nc2c(s1)CN(C(=O)CSCc1ccccc1)CC2)NC1CCCC1. The van der Waals surface area contributed by atoms with Gasteiger partial charge in [0.2, 0.25) is 5.91 Å². The van der Waals surface area contributed by atoms with Crippen molar-refractivity contribution in [3.8, 4) is 0 Å². The predicted molar refractivity (Wildman–Crippen MR) is 118 cm³/mol. The molecule has 2 N–H and O–H groups in total. The lowest BCUT2D eigenvalue weighted by Crippen LogP contribution is -2.36. The van der Waals surface area contributed by atoms with E-state index in [2.05, 4.69) is 27.8 Å². The van der Waals surface area contributed by atoms with E-state index in [1.54, 1.807) is 11.8 Å². The van der Waals surface area contributed by atoms with Gasteiger partial charge in [-0.15, -0.1) is 11.8 Å². The molecular formula is C21H26N4O2S2. The van der Waals surface area contributed by atoms with Crippen molar-refractivity contribution in [2.75, 3.05) is 17.6 Å². The summed E-state index contributed by atoms with van der Waals surface area (Å²) in [5.74, 6) is 1.49. The van der Waals surface area contributed by atoms with Crippen LogP contribution in [-0.2, 0) is 23.5 Å². The number of thiazole rings is 1. The van der Waals surface area contributed by atoms with Crippen LogP contribution < -0.4 is 10.6 Å². The molecule has 0 atom stereocenters. The highest BCUT2D eigenvalue weighted by molar-refractivity contribution is 7.99. The molecule has 1 aliphatic heterocycles. The third kappa shape index (κ3) is 5.51. The van der Waals surface area contributed by atoms with Crippen LogP contribution in [0.3, 0.4) is 0 Å². The number of aromatic nitrogens is 1. The zero-order valence-corrected chi connectivity index (χ0v) is 18.0. The summed E-state index contributed by atoms with van der Waals surface area (Å²) in [7, 11) is 0. The molecule has 1 fully saturated rings. The molecule has 0 radical (unpaired) electrons. The molecular weight excluding hydrogens is 404 g/mol. The van der Waals surface area contributed by atoms with Crippen LogP contribution in [0.5, 0.6) is 0 Å². The van der Waals surface area contributed by atoms with E-state index in [-0.39, 0.29) is 18.0 Å². The largest absolute Gasteiger partial charge is 0.336 e. The van der Waals surface area contributed by atoms with Crippen LogP contribution in [-0.4, -0.2) is 40.2 Å². The summed E-state index contributed by atoms with van der Waals surface area (Å²) in [6.45, 7) is 1.28. The fourth-order valence-corrected chi connectivity index (χ4v) is 5.68. The number of carbonyl (C=O) groups excluding carboxylic acids is 2. The summed E-state index contributed by atoms with van der Waals surface area (Å²) >= 11 is 3.13. The first-order valence-corrected chi connectivity index (χ1v) is 12.1. The van der Waals surface area contributed by atoms with Gasteiger partial charge in [0.25, 0.3) is 0 Å². The second-order valence-electron chi connectivity index (χ2n) is 7.51. The zero-order valence-electron chi connectivity index (χ0n) is 16.4. The molecule has 1 aromatic carbocycles.